The van der Waals surface area contributed by atoms with Crippen molar-refractivity contribution in [1.82, 2.24) is 9.78 Å². The summed E-state index contributed by atoms with van der Waals surface area (Å²) >= 11 is 13.5. The Balaban J connectivity index is 1.97. The lowest BCUT2D eigenvalue weighted by molar-refractivity contribution is 0.103. The van der Waals surface area contributed by atoms with Crippen molar-refractivity contribution in [3.8, 4) is 0 Å². The predicted octanol–water partition coefficient (Wildman–Crippen LogP) is 4.19. The second-order valence-corrected chi connectivity index (χ2v) is 6.08. The van der Waals surface area contributed by atoms with E-state index < -0.39 is 0 Å². The number of aromatic nitrogens is 2. The fraction of sp³-hybridized carbons (Fsp3) is 0.0769. The molecule has 20 heavy (non-hydrogen) atoms. The molecule has 1 aromatic carbocycles. The molecule has 1 N–H and O–H groups in total. The first-order valence-electron chi connectivity index (χ1n) is 5.73. The fourth-order valence-electron chi connectivity index (χ4n) is 1.84. The molecule has 3 aromatic rings. The molecule has 0 saturated heterocycles. The zero-order valence-corrected chi connectivity index (χ0v) is 12.7. The average molecular weight is 326 g/mol. The number of fused-ring (bicyclic) bond motifs is 1. The number of hydrogen-bond donors (Lipinski definition) is 1. The van der Waals surface area contributed by atoms with E-state index in [-0.39, 0.29) is 5.91 Å². The molecule has 0 bridgehead atoms. The van der Waals surface area contributed by atoms with Gasteiger partial charge in [0.15, 0.2) is 5.82 Å². The quantitative estimate of drug-likeness (QED) is 0.767. The number of benzene rings is 1. The average Bonchev–Trinajstić information content (AvgIpc) is 2.94. The lowest BCUT2D eigenvalue weighted by Gasteiger charge is -1.99. The lowest BCUT2D eigenvalue weighted by Crippen LogP contribution is -2.11. The normalized spacial score (nSPS) is 10.9. The van der Waals surface area contributed by atoms with Crippen LogP contribution in [0, 0.1) is 0 Å². The van der Waals surface area contributed by atoms with E-state index in [0.29, 0.717) is 20.7 Å². The second kappa shape index (κ2) is 5.09. The molecule has 1 amide bonds. The van der Waals surface area contributed by atoms with E-state index in [0.717, 1.165) is 10.1 Å². The highest BCUT2D eigenvalue weighted by Gasteiger charge is 2.18. The van der Waals surface area contributed by atoms with Crippen LogP contribution in [-0.2, 0) is 7.05 Å². The molecule has 0 aliphatic heterocycles. The SMILES string of the molecule is Cn1ccc(NC(=O)c2sc3cc(Cl)ccc3c2Cl)n1. The Labute approximate surface area is 128 Å². The number of halogens is 2. The van der Waals surface area contributed by atoms with E-state index in [4.69, 9.17) is 23.2 Å². The van der Waals surface area contributed by atoms with E-state index in [1.807, 2.05) is 6.07 Å². The van der Waals surface area contributed by atoms with Gasteiger partial charge in [-0.25, -0.2) is 0 Å². The second-order valence-electron chi connectivity index (χ2n) is 4.21. The Kier molecular flexibility index (Phi) is 3.41. The number of aryl methyl sites for hydroxylation is 1. The molecule has 4 nitrogen and oxygen atoms in total. The maximum Gasteiger partial charge on any atom is 0.268 e. The van der Waals surface area contributed by atoms with Gasteiger partial charge in [-0.2, -0.15) is 5.10 Å². The van der Waals surface area contributed by atoms with Gasteiger partial charge in [0.25, 0.3) is 5.91 Å². The third kappa shape index (κ3) is 2.40. The molecule has 3 rings (SSSR count). The largest absolute Gasteiger partial charge is 0.304 e. The Morgan fingerprint density at radius 1 is 1.35 bits per heavy atom. The Morgan fingerprint density at radius 2 is 2.15 bits per heavy atom. The van der Waals surface area contributed by atoms with Crippen LogP contribution in [-0.4, -0.2) is 15.7 Å². The summed E-state index contributed by atoms with van der Waals surface area (Å²) < 4.78 is 2.50. The van der Waals surface area contributed by atoms with Gasteiger partial charge >= 0.3 is 0 Å². The van der Waals surface area contributed by atoms with Gasteiger partial charge in [0, 0.05) is 34.4 Å². The fourth-order valence-corrected chi connectivity index (χ4v) is 3.53. The summed E-state index contributed by atoms with van der Waals surface area (Å²) in [6.07, 6.45) is 1.75. The summed E-state index contributed by atoms with van der Waals surface area (Å²) in [5.41, 5.74) is 0. The third-order valence-electron chi connectivity index (χ3n) is 2.75. The smallest absolute Gasteiger partial charge is 0.268 e. The minimum atomic E-state index is -0.272. The first kappa shape index (κ1) is 13.4. The minimum Gasteiger partial charge on any atom is -0.304 e. The summed E-state index contributed by atoms with van der Waals surface area (Å²) in [4.78, 5) is 12.7. The summed E-state index contributed by atoms with van der Waals surface area (Å²) in [6.45, 7) is 0. The number of anilines is 1. The summed E-state index contributed by atoms with van der Waals surface area (Å²) in [5, 5.41) is 8.70. The molecule has 0 radical (unpaired) electrons. The third-order valence-corrected chi connectivity index (χ3v) is 4.64. The Hall–Kier alpha value is -1.56. The molecule has 0 unspecified atom stereocenters. The standard InChI is InChI=1S/C13H9Cl2N3OS/c1-18-5-4-10(17-18)16-13(19)12-11(15)8-3-2-7(14)6-9(8)20-12/h2-6H,1H3,(H,16,17,19). The molecule has 7 heteroatoms. The van der Waals surface area contributed by atoms with Crippen LogP contribution in [0.5, 0.6) is 0 Å². The maximum atomic E-state index is 12.2. The molecule has 0 aliphatic carbocycles. The molecule has 2 aromatic heterocycles. The maximum absolute atomic E-state index is 12.2. The molecular formula is C13H9Cl2N3OS. The molecular weight excluding hydrogens is 317 g/mol. The van der Waals surface area contributed by atoms with Crippen LogP contribution in [0.3, 0.4) is 0 Å². The highest BCUT2D eigenvalue weighted by molar-refractivity contribution is 7.21. The number of hydrogen-bond acceptors (Lipinski definition) is 3. The van der Waals surface area contributed by atoms with Crippen molar-refractivity contribution in [1.29, 1.82) is 0 Å². The summed E-state index contributed by atoms with van der Waals surface area (Å²) in [7, 11) is 1.78. The summed E-state index contributed by atoms with van der Waals surface area (Å²) in [6, 6.07) is 7.08. The van der Waals surface area contributed by atoms with Gasteiger partial charge in [-0.3, -0.25) is 9.48 Å². The number of thiophene rings is 1. The van der Waals surface area contributed by atoms with Crippen LogP contribution in [0.25, 0.3) is 10.1 Å². The highest BCUT2D eigenvalue weighted by Crippen LogP contribution is 2.36. The Bertz CT molecular complexity index is 809. The van der Waals surface area contributed by atoms with Gasteiger partial charge in [0.1, 0.15) is 4.88 Å². The monoisotopic (exact) mass is 325 g/mol. The molecule has 2 heterocycles. The van der Waals surface area contributed by atoms with Crippen LogP contribution in [0.1, 0.15) is 9.67 Å². The molecule has 0 spiro atoms. The van der Waals surface area contributed by atoms with E-state index in [9.17, 15) is 4.79 Å². The van der Waals surface area contributed by atoms with Crippen molar-refractivity contribution in [3.63, 3.8) is 0 Å². The van der Waals surface area contributed by atoms with Crippen molar-refractivity contribution in [2.45, 2.75) is 0 Å². The number of amides is 1. The number of nitrogens with zero attached hydrogens (tertiary/aromatic N) is 2. The first-order valence-corrected chi connectivity index (χ1v) is 7.30. The number of nitrogens with one attached hydrogen (secondary N) is 1. The van der Waals surface area contributed by atoms with E-state index in [2.05, 4.69) is 10.4 Å². The molecule has 102 valence electrons. The predicted molar refractivity (Wildman–Crippen MR) is 83.0 cm³/mol. The van der Waals surface area contributed by atoms with Gasteiger partial charge in [-0.05, 0) is 12.1 Å². The first-order chi connectivity index (χ1) is 9.54. The van der Waals surface area contributed by atoms with Gasteiger partial charge in [-0.1, -0.05) is 29.3 Å². The van der Waals surface area contributed by atoms with E-state index in [1.165, 1.54) is 11.3 Å². The van der Waals surface area contributed by atoms with Crippen molar-refractivity contribution in [3.05, 3.63) is 45.4 Å². The molecule has 0 saturated carbocycles. The van der Waals surface area contributed by atoms with E-state index in [1.54, 1.807) is 36.1 Å². The van der Waals surface area contributed by atoms with Gasteiger partial charge in [0.05, 0.1) is 5.02 Å². The topological polar surface area (TPSA) is 46.9 Å². The minimum absolute atomic E-state index is 0.272. The van der Waals surface area contributed by atoms with Crippen molar-refractivity contribution in [2.24, 2.45) is 7.05 Å². The number of carbonyl (C=O) groups is 1. The van der Waals surface area contributed by atoms with Crippen LogP contribution < -0.4 is 5.32 Å². The van der Waals surface area contributed by atoms with Crippen LogP contribution in [0.2, 0.25) is 10.0 Å². The van der Waals surface area contributed by atoms with Crippen molar-refractivity contribution < 1.29 is 4.79 Å². The highest BCUT2D eigenvalue weighted by atomic mass is 35.5. The lowest BCUT2D eigenvalue weighted by atomic mass is 10.2. The van der Waals surface area contributed by atoms with Crippen molar-refractivity contribution >= 4 is 56.3 Å². The zero-order valence-electron chi connectivity index (χ0n) is 10.4. The van der Waals surface area contributed by atoms with Crippen LogP contribution in [0.4, 0.5) is 5.82 Å². The summed E-state index contributed by atoms with van der Waals surface area (Å²) in [5.74, 6) is 0.218. The number of rotatable bonds is 2. The Morgan fingerprint density at radius 3 is 2.85 bits per heavy atom. The van der Waals surface area contributed by atoms with E-state index >= 15 is 0 Å². The van der Waals surface area contributed by atoms with Crippen LogP contribution >= 0.6 is 34.5 Å². The van der Waals surface area contributed by atoms with Gasteiger partial charge in [-0.15, -0.1) is 11.3 Å². The molecule has 0 aliphatic rings. The van der Waals surface area contributed by atoms with Gasteiger partial charge < -0.3 is 5.32 Å². The molecule has 0 fully saturated rings. The number of carbonyl (C=O) groups excluding carboxylic acids is 1. The van der Waals surface area contributed by atoms with Crippen molar-refractivity contribution in [2.75, 3.05) is 5.32 Å². The zero-order chi connectivity index (χ0) is 14.3. The van der Waals surface area contributed by atoms with Crippen LogP contribution in [0.15, 0.2) is 30.5 Å². The van der Waals surface area contributed by atoms with Gasteiger partial charge in [0.2, 0.25) is 0 Å². The molecule has 0 atom stereocenters.